The van der Waals surface area contributed by atoms with Gasteiger partial charge in [0.25, 0.3) is 5.91 Å². The first-order valence-electron chi connectivity index (χ1n) is 5.76. The minimum absolute atomic E-state index is 0.0144. The Morgan fingerprint density at radius 2 is 1.86 bits per heavy atom. The summed E-state index contributed by atoms with van der Waals surface area (Å²) in [5, 5.41) is 3.56. The summed E-state index contributed by atoms with van der Waals surface area (Å²) in [7, 11) is 0. The minimum atomic E-state index is -4.68. The lowest BCUT2D eigenvalue weighted by Crippen LogP contribution is -2.42. The van der Waals surface area contributed by atoms with Gasteiger partial charge in [0.05, 0.1) is 5.71 Å². The van der Waals surface area contributed by atoms with Crippen molar-refractivity contribution in [3.05, 3.63) is 29.8 Å². The van der Waals surface area contributed by atoms with Crippen molar-refractivity contribution in [1.29, 1.82) is 0 Å². The van der Waals surface area contributed by atoms with E-state index in [2.05, 4.69) is 9.84 Å². The second-order valence-corrected chi connectivity index (χ2v) is 4.24. The number of benzene rings is 1. The molecule has 1 aromatic carbocycles. The van der Waals surface area contributed by atoms with Crippen LogP contribution in [-0.2, 0) is 4.79 Å². The highest BCUT2D eigenvalue weighted by Gasteiger charge is 2.47. The van der Waals surface area contributed by atoms with E-state index in [-0.39, 0.29) is 17.0 Å². The SMILES string of the molecule is O=C1NN=C(c2ccc(OC(F)F)cc2)CC1C(F)(F)F. The number of nitrogens with one attached hydrogen (secondary N) is 1. The number of alkyl halides is 5. The summed E-state index contributed by atoms with van der Waals surface area (Å²) in [5.74, 6) is -3.52. The molecule has 2 rings (SSSR count). The maximum atomic E-state index is 12.7. The summed E-state index contributed by atoms with van der Waals surface area (Å²) in [6.45, 7) is -2.99. The summed E-state index contributed by atoms with van der Waals surface area (Å²) in [6, 6.07) is 4.95. The van der Waals surface area contributed by atoms with E-state index in [1.165, 1.54) is 24.3 Å². The molecule has 0 aromatic heterocycles. The normalized spacial score (nSPS) is 19.2. The molecule has 21 heavy (non-hydrogen) atoms. The van der Waals surface area contributed by atoms with Gasteiger partial charge in [0.2, 0.25) is 0 Å². The van der Waals surface area contributed by atoms with Crippen LogP contribution in [0, 0.1) is 5.92 Å². The number of hydrazone groups is 1. The van der Waals surface area contributed by atoms with Crippen LogP contribution in [0.2, 0.25) is 0 Å². The summed E-state index contributed by atoms with van der Waals surface area (Å²) in [6.07, 6.45) is -5.28. The number of carbonyl (C=O) groups is 1. The Bertz CT molecular complexity index is 554. The van der Waals surface area contributed by atoms with E-state index in [1.807, 2.05) is 5.43 Å². The largest absolute Gasteiger partial charge is 0.435 e. The Hall–Kier alpha value is -2.19. The van der Waals surface area contributed by atoms with Crippen LogP contribution in [0.15, 0.2) is 29.4 Å². The van der Waals surface area contributed by atoms with Crippen LogP contribution < -0.4 is 10.2 Å². The first-order valence-corrected chi connectivity index (χ1v) is 5.76. The third kappa shape index (κ3) is 3.67. The van der Waals surface area contributed by atoms with E-state index in [0.717, 1.165) is 0 Å². The van der Waals surface area contributed by atoms with Gasteiger partial charge in [0.1, 0.15) is 11.7 Å². The zero-order valence-corrected chi connectivity index (χ0v) is 10.3. The van der Waals surface area contributed by atoms with Gasteiger partial charge in [-0.3, -0.25) is 4.79 Å². The smallest absolute Gasteiger partial charge is 0.400 e. The number of hydrogen-bond acceptors (Lipinski definition) is 3. The molecule has 9 heteroatoms. The average molecular weight is 308 g/mol. The monoisotopic (exact) mass is 308 g/mol. The first kappa shape index (κ1) is 15.2. The second kappa shape index (κ2) is 5.66. The van der Waals surface area contributed by atoms with Gasteiger partial charge >= 0.3 is 12.8 Å². The Balaban J connectivity index is 2.17. The molecule has 1 atom stereocenters. The molecule has 1 amide bonds. The average Bonchev–Trinajstić information content (AvgIpc) is 2.38. The Morgan fingerprint density at radius 1 is 1.24 bits per heavy atom. The standard InChI is InChI=1S/C12H9F5N2O2/c13-11(14)21-7-3-1-6(2-4-7)9-5-8(12(15,16)17)10(20)19-18-9/h1-4,8,11H,5H2,(H,19,20). The van der Waals surface area contributed by atoms with E-state index >= 15 is 0 Å². The Labute approximate surface area is 115 Å². The van der Waals surface area contributed by atoms with Crippen molar-refractivity contribution in [1.82, 2.24) is 5.43 Å². The van der Waals surface area contributed by atoms with E-state index in [1.54, 1.807) is 0 Å². The highest BCUT2D eigenvalue weighted by atomic mass is 19.4. The van der Waals surface area contributed by atoms with Crippen LogP contribution >= 0.6 is 0 Å². The Morgan fingerprint density at radius 3 is 2.38 bits per heavy atom. The fourth-order valence-electron chi connectivity index (χ4n) is 1.81. The second-order valence-electron chi connectivity index (χ2n) is 4.24. The van der Waals surface area contributed by atoms with Crippen molar-refractivity contribution in [3.8, 4) is 5.75 Å². The van der Waals surface area contributed by atoms with Crippen molar-refractivity contribution in [2.45, 2.75) is 19.2 Å². The molecular weight excluding hydrogens is 299 g/mol. The van der Waals surface area contributed by atoms with Gasteiger partial charge in [-0.15, -0.1) is 0 Å². The number of carbonyl (C=O) groups excluding carboxylic acids is 1. The predicted molar refractivity (Wildman–Crippen MR) is 61.9 cm³/mol. The molecule has 4 nitrogen and oxygen atoms in total. The highest BCUT2D eigenvalue weighted by molar-refractivity contribution is 6.05. The minimum Gasteiger partial charge on any atom is -0.435 e. The van der Waals surface area contributed by atoms with Gasteiger partial charge in [0.15, 0.2) is 0 Å². The summed E-state index contributed by atoms with van der Waals surface area (Å²) in [5.41, 5.74) is 2.11. The fourth-order valence-corrected chi connectivity index (χ4v) is 1.81. The van der Waals surface area contributed by atoms with Gasteiger partial charge in [-0.25, -0.2) is 5.43 Å². The molecule has 0 saturated carbocycles. The number of amides is 1. The lowest BCUT2D eigenvalue weighted by Gasteiger charge is -2.23. The van der Waals surface area contributed by atoms with Crippen LogP contribution in [0.25, 0.3) is 0 Å². The zero-order chi connectivity index (χ0) is 15.6. The Kier molecular flexibility index (Phi) is 4.10. The molecule has 114 valence electrons. The maximum absolute atomic E-state index is 12.7. The fraction of sp³-hybridized carbons (Fsp3) is 0.333. The number of hydrogen-bond donors (Lipinski definition) is 1. The number of nitrogens with zero attached hydrogens (tertiary/aromatic N) is 1. The van der Waals surface area contributed by atoms with E-state index in [4.69, 9.17) is 0 Å². The van der Waals surface area contributed by atoms with Crippen LogP contribution in [0.3, 0.4) is 0 Å². The van der Waals surface area contributed by atoms with Crippen LogP contribution in [-0.4, -0.2) is 24.4 Å². The van der Waals surface area contributed by atoms with E-state index < -0.39 is 31.0 Å². The molecule has 1 aliphatic heterocycles. The lowest BCUT2D eigenvalue weighted by molar-refractivity contribution is -0.182. The van der Waals surface area contributed by atoms with Gasteiger partial charge in [-0.1, -0.05) is 0 Å². The van der Waals surface area contributed by atoms with Gasteiger partial charge in [-0.05, 0) is 29.8 Å². The van der Waals surface area contributed by atoms with Crippen molar-refractivity contribution in [3.63, 3.8) is 0 Å². The molecule has 0 radical (unpaired) electrons. The van der Waals surface area contributed by atoms with Crippen molar-refractivity contribution in [2.75, 3.05) is 0 Å². The first-order chi connectivity index (χ1) is 9.77. The molecular formula is C12H9F5N2O2. The summed E-state index contributed by atoms with van der Waals surface area (Å²) in [4.78, 5) is 11.2. The molecule has 0 fully saturated rings. The topological polar surface area (TPSA) is 50.7 Å². The van der Waals surface area contributed by atoms with Gasteiger partial charge in [-0.2, -0.15) is 27.1 Å². The molecule has 1 heterocycles. The molecule has 0 bridgehead atoms. The molecule has 1 aliphatic rings. The van der Waals surface area contributed by atoms with Gasteiger partial charge in [0, 0.05) is 6.42 Å². The highest BCUT2D eigenvalue weighted by Crippen LogP contribution is 2.32. The van der Waals surface area contributed by atoms with Crippen molar-refractivity contribution < 1.29 is 31.5 Å². The molecule has 1 aromatic rings. The molecule has 0 saturated heterocycles. The van der Waals surface area contributed by atoms with Crippen LogP contribution in [0.1, 0.15) is 12.0 Å². The molecule has 0 aliphatic carbocycles. The van der Waals surface area contributed by atoms with E-state index in [9.17, 15) is 26.7 Å². The molecule has 1 unspecified atom stereocenters. The third-order valence-corrected chi connectivity index (χ3v) is 2.82. The molecule has 0 spiro atoms. The van der Waals surface area contributed by atoms with Crippen molar-refractivity contribution >= 4 is 11.6 Å². The summed E-state index contributed by atoms with van der Waals surface area (Å²) < 4.78 is 66.1. The number of ether oxygens (including phenoxy) is 1. The zero-order valence-electron chi connectivity index (χ0n) is 10.3. The van der Waals surface area contributed by atoms with Crippen molar-refractivity contribution in [2.24, 2.45) is 11.0 Å². The maximum Gasteiger partial charge on any atom is 0.400 e. The quantitative estimate of drug-likeness (QED) is 0.873. The lowest BCUT2D eigenvalue weighted by atomic mass is 9.95. The third-order valence-electron chi connectivity index (χ3n) is 2.82. The van der Waals surface area contributed by atoms with Crippen LogP contribution in [0.5, 0.6) is 5.75 Å². The van der Waals surface area contributed by atoms with E-state index in [0.29, 0.717) is 0 Å². The molecule has 1 N–H and O–H groups in total. The summed E-state index contributed by atoms with van der Waals surface area (Å²) >= 11 is 0. The predicted octanol–water partition coefficient (Wildman–Crippen LogP) is 2.69. The number of rotatable bonds is 3. The van der Waals surface area contributed by atoms with Crippen LogP contribution in [0.4, 0.5) is 22.0 Å². The number of halogens is 5. The van der Waals surface area contributed by atoms with Gasteiger partial charge < -0.3 is 4.74 Å².